The zero-order valence-electron chi connectivity index (χ0n) is 14.7. The van der Waals surface area contributed by atoms with Crippen LogP contribution in [0.25, 0.3) is 11.4 Å². The van der Waals surface area contributed by atoms with E-state index in [0.29, 0.717) is 11.7 Å². The number of aromatic nitrogens is 2. The number of H-pyrrole nitrogens is 1. The molecule has 2 aromatic rings. The van der Waals surface area contributed by atoms with Crippen LogP contribution in [0.2, 0.25) is 0 Å². The highest BCUT2D eigenvalue weighted by Crippen LogP contribution is 2.24. The van der Waals surface area contributed by atoms with Gasteiger partial charge in [-0.25, -0.2) is 4.98 Å². The number of carbonyl (C=O) groups excluding carboxylic acids is 1. The maximum atomic E-state index is 12.7. The SMILES string of the molecule is Cc1[nH]c(-c2ccccc2)nc1C(=O)N[C@@H]1C[C@H]2CO[C@@H](C)CN2C1. The molecule has 3 heterocycles. The Morgan fingerprint density at radius 1 is 1.32 bits per heavy atom. The van der Waals surface area contributed by atoms with Gasteiger partial charge in [-0.2, -0.15) is 0 Å². The van der Waals surface area contributed by atoms with Gasteiger partial charge in [-0.15, -0.1) is 0 Å². The summed E-state index contributed by atoms with van der Waals surface area (Å²) in [5, 5.41) is 3.15. The highest BCUT2D eigenvalue weighted by molar-refractivity contribution is 5.94. The molecule has 0 radical (unpaired) electrons. The molecule has 0 aliphatic carbocycles. The number of carbonyl (C=O) groups is 1. The van der Waals surface area contributed by atoms with Gasteiger partial charge in [-0.3, -0.25) is 9.69 Å². The molecule has 0 spiro atoms. The zero-order valence-corrected chi connectivity index (χ0v) is 14.7. The normalized spacial score (nSPS) is 26.4. The highest BCUT2D eigenvalue weighted by atomic mass is 16.5. The van der Waals surface area contributed by atoms with Crippen molar-refractivity contribution < 1.29 is 9.53 Å². The lowest BCUT2D eigenvalue weighted by Gasteiger charge is -2.33. The van der Waals surface area contributed by atoms with Crippen molar-refractivity contribution in [2.24, 2.45) is 0 Å². The molecule has 6 nitrogen and oxygen atoms in total. The first-order valence-corrected chi connectivity index (χ1v) is 8.88. The topological polar surface area (TPSA) is 70.2 Å². The van der Waals surface area contributed by atoms with Gasteiger partial charge in [0.25, 0.3) is 5.91 Å². The molecule has 0 saturated carbocycles. The lowest BCUT2D eigenvalue weighted by Crippen LogP contribution is -2.45. The molecule has 3 atom stereocenters. The maximum absolute atomic E-state index is 12.7. The minimum absolute atomic E-state index is 0.102. The number of aromatic amines is 1. The molecule has 6 heteroatoms. The number of hydrogen-bond acceptors (Lipinski definition) is 4. The van der Waals surface area contributed by atoms with E-state index >= 15 is 0 Å². The Morgan fingerprint density at radius 2 is 2.12 bits per heavy atom. The standard InChI is InChI=1S/C19H24N4O2/c1-12-9-23-10-15(8-16(23)11-25-12)21-19(24)17-13(2)20-18(22-17)14-6-4-3-5-7-14/h3-7,12,15-16H,8-11H2,1-2H3,(H,20,22)(H,21,24)/t12-,15+,16-/m0/s1. The smallest absolute Gasteiger partial charge is 0.272 e. The molecule has 2 saturated heterocycles. The van der Waals surface area contributed by atoms with Gasteiger partial charge in [-0.05, 0) is 20.3 Å². The van der Waals surface area contributed by atoms with Crippen molar-refractivity contribution in [2.45, 2.75) is 38.5 Å². The van der Waals surface area contributed by atoms with Crippen LogP contribution in [0.5, 0.6) is 0 Å². The quantitative estimate of drug-likeness (QED) is 0.896. The first kappa shape index (κ1) is 16.3. The molecular formula is C19H24N4O2. The molecule has 0 bridgehead atoms. The van der Waals surface area contributed by atoms with E-state index in [1.807, 2.05) is 37.3 Å². The van der Waals surface area contributed by atoms with E-state index in [-0.39, 0.29) is 18.1 Å². The average molecular weight is 340 g/mol. The average Bonchev–Trinajstić information content (AvgIpc) is 3.18. The number of nitrogens with one attached hydrogen (secondary N) is 2. The summed E-state index contributed by atoms with van der Waals surface area (Å²) >= 11 is 0. The lowest BCUT2D eigenvalue weighted by molar-refractivity contribution is -0.0390. The first-order chi connectivity index (χ1) is 12.1. The fraction of sp³-hybridized carbons (Fsp3) is 0.474. The third kappa shape index (κ3) is 3.32. The summed E-state index contributed by atoms with van der Waals surface area (Å²) < 4.78 is 5.73. The van der Waals surface area contributed by atoms with Gasteiger partial charge < -0.3 is 15.0 Å². The predicted octanol–water partition coefficient (Wildman–Crippen LogP) is 1.98. The molecule has 2 aliphatic heterocycles. The van der Waals surface area contributed by atoms with Crippen LogP contribution < -0.4 is 5.32 Å². The van der Waals surface area contributed by atoms with Crippen molar-refractivity contribution in [3.05, 3.63) is 41.7 Å². The third-order valence-corrected chi connectivity index (χ3v) is 5.07. The number of fused-ring (bicyclic) bond motifs is 1. The molecule has 1 amide bonds. The third-order valence-electron chi connectivity index (χ3n) is 5.07. The van der Waals surface area contributed by atoms with Crippen LogP contribution in [0.3, 0.4) is 0 Å². The summed E-state index contributed by atoms with van der Waals surface area (Å²) in [6.45, 7) is 6.57. The molecule has 2 N–H and O–H groups in total. The summed E-state index contributed by atoms with van der Waals surface area (Å²) in [6.07, 6.45) is 1.21. The fourth-order valence-corrected chi connectivity index (χ4v) is 3.81. The molecule has 2 aliphatic rings. The Morgan fingerprint density at radius 3 is 2.92 bits per heavy atom. The van der Waals surface area contributed by atoms with Gasteiger partial charge in [0.15, 0.2) is 0 Å². The van der Waals surface area contributed by atoms with Gasteiger partial charge in [0.05, 0.1) is 12.7 Å². The molecule has 25 heavy (non-hydrogen) atoms. The number of amides is 1. The van der Waals surface area contributed by atoms with E-state index < -0.39 is 0 Å². The van der Waals surface area contributed by atoms with E-state index in [1.54, 1.807) is 0 Å². The number of imidazole rings is 1. The summed E-state index contributed by atoms with van der Waals surface area (Å²) in [5.74, 6) is 0.629. The second-order valence-electron chi connectivity index (χ2n) is 7.08. The van der Waals surface area contributed by atoms with Gasteiger partial charge in [0.2, 0.25) is 0 Å². The van der Waals surface area contributed by atoms with E-state index in [9.17, 15) is 4.79 Å². The molecule has 132 valence electrons. The predicted molar refractivity (Wildman–Crippen MR) is 95.4 cm³/mol. The van der Waals surface area contributed by atoms with Crippen molar-refractivity contribution in [1.29, 1.82) is 0 Å². The minimum atomic E-state index is -0.102. The second-order valence-corrected chi connectivity index (χ2v) is 7.08. The van der Waals surface area contributed by atoms with Crippen molar-refractivity contribution >= 4 is 5.91 Å². The minimum Gasteiger partial charge on any atom is -0.376 e. The number of rotatable bonds is 3. The Kier molecular flexibility index (Phi) is 4.31. The fourth-order valence-electron chi connectivity index (χ4n) is 3.81. The van der Waals surface area contributed by atoms with Crippen LogP contribution in [0.4, 0.5) is 0 Å². The number of aryl methyl sites for hydroxylation is 1. The van der Waals surface area contributed by atoms with Crippen LogP contribution in [0.1, 0.15) is 29.5 Å². The summed E-state index contributed by atoms with van der Waals surface area (Å²) in [6, 6.07) is 10.4. The molecule has 2 fully saturated rings. The van der Waals surface area contributed by atoms with Crippen molar-refractivity contribution in [1.82, 2.24) is 20.2 Å². The largest absolute Gasteiger partial charge is 0.376 e. The van der Waals surface area contributed by atoms with Crippen molar-refractivity contribution in [2.75, 3.05) is 19.7 Å². The Labute approximate surface area is 147 Å². The number of benzene rings is 1. The van der Waals surface area contributed by atoms with E-state index in [2.05, 4.69) is 27.1 Å². The monoisotopic (exact) mass is 340 g/mol. The highest BCUT2D eigenvalue weighted by Gasteiger charge is 2.37. The number of ether oxygens (including phenoxy) is 1. The van der Waals surface area contributed by atoms with Crippen molar-refractivity contribution in [3.63, 3.8) is 0 Å². The number of morpholine rings is 1. The summed E-state index contributed by atoms with van der Waals surface area (Å²) in [5.41, 5.74) is 2.26. The summed E-state index contributed by atoms with van der Waals surface area (Å²) in [7, 11) is 0. The molecular weight excluding hydrogens is 316 g/mol. The molecule has 1 aromatic carbocycles. The van der Waals surface area contributed by atoms with E-state index in [4.69, 9.17) is 4.74 Å². The van der Waals surface area contributed by atoms with Gasteiger partial charge in [-0.1, -0.05) is 30.3 Å². The van der Waals surface area contributed by atoms with Gasteiger partial charge in [0, 0.05) is 36.4 Å². The Bertz CT molecular complexity index is 758. The van der Waals surface area contributed by atoms with Gasteiger partial charge in [0.1, 0.15) is 11.5 Å². The van der Waals surface area contributed by atoms with Crippen LogP contribution in [-0.4, -0.2) is 58.7 Å². The number of nitrogens with zero attached hydrogens (tertiary/aromatic N) is 2. The first-order valence-electron chi connectivity index (χ1n) is 8.88. The molecule has 4 rings (SSSR count). The molecule has 0 unspecified atom stereocenters. The zero-order chi connectivity index (χ0) is 17.4. The Hall–Kier alpha value is -2.18. The van der Waals surface area contributed by atoms with Crippen molar-refractivity contribution in [3.8, 4) is 11.4 Å². The lowest BCUT2D eigenvalue weighted by atomic mass is 10.1. The van der Waals surface area contributed by atoms with E-state index in [1.165, 1.54) is 0 Å². The van der Waals surface area contributed by atoms with Crippen LogP contribution in [-0.2, 0) is 4.74 Å². The molecule has 1 aromatic heterocycles. The Balaban J connectivity index is 1.44. The second kappa shape index (κ2) is 6.61. The van der Waals surface area contributed by atoms with Crippen LogP contribution >= 0.6 is 0 Å². The van der Waals surface area contributed by atoms with E-state index in [0.717, 1.165) is 43.2 Å². The number of hydrogen-bond donors (Lipinski definition) is 2. The maximum Gasteiger partial charge on any atom is 0.272 e. The van der Waals surface area contributed by atoms with Crippen LogP contribution in [0, 0.1) is 6.92 Å². The van der Waals surface area contributed by atoms with Gasteiger partial charge >= 0.3 is 0 Å². The van der Waals surface area contributed by atoms with Crippen LogP contribution in [0.15, 0.2) is 30.3 Å². The summed E-state index contributed by atoms with van der Waals surface area (Å²) in [4.78, 5) is 22.9.